The number of nitrogens with zero attached hydrogens (tertiary/aromatic N) is 2. The van der Waals surface area contributed by atoms with Crippen LogP contribution in [0.3, 0.4) is 0 Å². The van der Waals surface area contributed by atoms with Gasteiger partial charge in [-0.15, -0.1) is 3.77 Å². The van der Waals surface area contributed by atoms with Gasteiger partial charge in [0.05, 0.1) is 20.3 Å². The van der Waals surface area contributed by atoms with Crippen LogP contribution in [0.4, 0.5) is 5.69 Å². The first-order valence-corrected chi connectivity index (χ1v) is 16.6. The highest BCUT2D eigenvalue weighted by Crippen LogP contribution is 2.50. The van der Waals surface area contributed by atoms with Gasteiger partial charge in [-0.1, -0.05) is 115 Å². The summed E-state index contributed by atoms with van der Waals surface area (Å²) < 4.78 is 48.0. The third-order valence-corrected chi connectivity index (χ3v) is 12.1. The van der Waals surface area contributed by atoms with E-state index in [0.717, 1.165) is 22.4 Å². The molecule has 0 N–H and O–H groups in total. The van der Waals surface area contributed by atoms with E-state index in [2.05, 4.69) is 3.77 Å². The van der Waals surface area contributed by atoms with E-state index >= 15 is 4.21 Å². The highest BCUT2D eigenvalue weighted by molar-refractivity contribution is 8.03. The predicted molar refractivity (Wildman–Crippen MR) is 166 cm³/mol. The largest absolute Gasteiger partial charge is 0.290 e. The Balaban J connectivity index is 1.66. The lowest BCUT2D eigenvalue weighted by Gasteiger charge is -2.29. The summed E-state index contributed by atoms with van der Waals surface area (Å²) in [4.78, 5) is 7.03. The number of hydrogen-bond donors (Lipinski definition) is 0. The molecule has 1 heterocycles. The van der Waals surface area contributed by atoms with Crippen molar-refractivity contribution in [3.8, 4) is 0 Å². The minimum atomic E-state index is -4.34. The van der Waals surface area contributed by atoms with Crippen molar-refractivity contribution in [3.05, 3.63) is 162 Å². The van der Waals surface area contributed by atoms with E-state index in [4.69, 9.17) is 4.84 Å². The normalized spacial score (nSPS) is 20.1. The molecule has 6 rings (SSSR count). The molecule has 212 valence electrons. The fourth-order valence-electron chi connectivity index (χ4n) is 5.32. The molecule has 1 aliphatic heterocycles. The van der Waals surface area contributed by atoms with Crippen LogP contribution in [0, 0.1) is 6.92 Å². The standard InChI is InChI=1S/C34H30N2O4S2/c1-26-22-24-31(25-23-26)42(38,39)35-41(37,30-20-12-5-13-21-30)34-32(27-14-6-2-7-15-27)36(29-18-10-4-11-19-29)40-33(34)28-16-8-3-9-17-28/h2-25,32-34H,1H3/t32-,33+,34-,41-/m1/s1. The number of sulfonamides is 1. The molecule has 5 aromatic rings. The Bertz CT molecular complexity index is 1880. The summed E-state index contributed by atoms with van der Waals surface area (Å²) in [5, 5.41) is 0.846. The van der Waals surface area contributed by atoms with Crippen molar-refractivity contribution < 1.29 is 17.5 Å². The molecule has 1 fully saturated rings. The molecule has 0 aliphatic carbocycles. The molecule has 0 saturated carbocycles. The molecular formula is C34H30N2O4S2. The number of benzene rings is 5. The Morgan fingerprint density at radius 1 is 0.595 bits per heavy atom. The Morgan fingerprint density at radius 2 is 1.10 bits per heavy atom. The van der Waals surface area contributed by atoms with E-state index < -0.39 is 37.1 Å². The van der Waals surface area contributed by atoms with Gasteiger partial charge in [0.1, 0.15) is 17.4 Å². The van der Waals surface area contributed by atoms with Crippen molar-refractivity contribution >= 4 is 25.4 Å². The summed E-state index contributed by atoms with van der Waals surface area (Å²) >= 11 is 0. The summed E-state index contributed by atoms with van der Waals surface area (Å²) in [6, 6.07) is 43.2. The number of para-hydroxylation sites is 1. The molecule has 5 aromatic carbocycles. The van der Waals surface area contributed by atoms with Crippen molar-refractivity contribution in [2.24, 2.45) is 3.77 Å². The van der Waals surface area contributed by atoms with Gasteiger partial charge in [0, 0.05) is 4.90 Å². The number of anilines is 1. The topological polar surface area (TPSA) is 76.0 Å². The van der Waals surface area contributed by atoms with E-state index in [-0.39, 0.29) is 4.90 Å². The Kier molecular flexibility index (Phi) is 7.68. The van der Waals surface area contributed by atoms with Crippen molar-refractivity contribution in [1.29, 1.82) is 0 Å². The van der Waals surface area contributed by atoms with Crippen LogP contribution in [0.5, 0.6) is 0 Å². The first kappa shape index (κ1) is 27.9. The highest BCUT2D eigenvalue weighted by atomic mass is 32.3. The van der Waals surface area contributed by atoms with Crippen molar-refractivity contribution in [3.63, 3.8) is 0 Å². The van der Waals surface area contributed by atoms with Crippen LogP contribution < -0.4 is 5.06 Å². The monoisotopic (exact) mass is 594 g/mol. The lowest BCUT2D eigenvalue weighted by Crippen LogP contribution is -2.33. The van der Waals surface area contributed by atoms with E-state index in [9.17, 15) is 8.42 Å². The molecule has 4 atom stereocenters. The SMILES string of the molecule is Cc1ccc(S(=O)(=O)N=[S@@](=O)(c2ccccc2)[C@@H]2[C@@H](c3ccccc3)N(c3ccccc3)O[C@H]2c2ccccc2)cc1. The maximum Gasteiger partial charge on any atom is 0.290 e. The van der Waals surface area contributed by atoms with Gasteiger partial charge in [-0.05, 0) is 54.4 Å². The number of hydrogen-bond acceptors (Lipinski definition) is 5. The minimum Gasteiger partial charge on any atom is -0.263 e. The molecule has 0 radical (unpaired) electrons. The smallest absolute Gasteiger partial charge is 0.263 e. The van der Waals surface area contributed by atoms with Crippen molar-refractivity contribution in [2.45, 2.75) is 34.1 Å². The molecule has 0 bridgehead atoms. The molecule has 0 aromatic heterocycles. The van der Waals surface area contributed by atoms with Crippen molar-refractivity contribution in [1.82, 2.24) is 0 Å². The van der Waals surface area contributed by atoms with E-state index in [1.54, 1.807) is 41.5 Å². The average molecular weight is 595 g/mol. The maximum atomic E-state index is 15.7. The highest BCUT2D eigenvalue weighted by Gasteiger charge is 2.52. The van der Waals surface area contributed by atoms with Gasteiger partial charge in [-0.25, -0.2) is 9.27 Å². The average Bonchev–Trinajstić information content (AvgIpc) is 3.44. The van der Waals surface area contributed by atoms with E-state index in [0.29, 0.717) is 4.90 Å². The van der Waals surface area contributed by atoms with Gasteiger partial charge in [0.25, 0.3) is 10.0 Å². The van der Waals surface area contributed by atoms with E-state index in [1.165, 1.54) is 12.1 Å². The minimum absolute atomic E-state index is 0.0110. The van der Waals surface area contributed by atoms with Gasteiger partial charge in [0.2, 0.25) is 0 Å². The molecule has 8 heteroatoms. The molecule has 1 saturated heterocycles. The summed E-state index contributed by atoms with van der Waals surface area (Å²) in [5.74, 6) is 0. The van der Waals surface area contributed by atoms with Crippen LogP contribution in [0.2, 0.25) is 0 Å². The van der Waals surface area contributed by atoms with Gasteiger partial charge in [0.15, 0.2) is 0 Å². The van der Waals surface area contributed by atoms with E-state index in [1.807, 2.05) is 104 Å². The molecule has 0 amide bonds. The number of aryl methyl sites for hydroxylation is 1. The summed E-state index contributed by atoms with van der Waals surface area (Å²) in [7, 11) is -8.07. The Hall–Kier alpha value is -4.24. The first-order chi connectivity index (χ1) is 20.4. The zero-order valence-electron chi connectivity index (χ0n) is 22.9. The van der Waals surface area contributed by atoms with Gasteiger partial charge < -0.3 is 0 Å². The second kappa shape index (κ2) is 11.6. The second-order valence-electron chi connectivity index (χ2n) is 10.2. The summed E-state index contributed by atoms with van der Waals surface area (Å²) in [6.45, 7) is 1.88. The lowest BCUT2D eigenvalue weighted by molar-refractivity contribution is 0.0846. The quantitative estimate of drug-likeness (QED) is 0.195. The summed E-state index contributed by atoms with van der Waals surface area (Å²) in [5.41, 5.74) is 3.27. The van der Waals surface area contributed by atoms with Gasteiger partial charge in [-0.2, -0.15) is 8.42 Å². The van der Waals surface area contributed by atoms with Crippen LogP contribution in [-0.4, -0.2) is 17.9 Å². The van der Waals surface area contributed by atoms with Crippen LogP contribution in [0.15, 0.2) is 159 Å². The van der Waals surface area contributed by atoms with Crippen LogP contribution >= 0.6 is 0 Å². The molecule has 0 unspecified atom stereocenters. The molecular weight excluding hydrogens is 565 g/mol. The zero-order valence-corrected chi connectivity index (χ0v) is 24.6. The molecule has 6 nitrogen and oxygen atoms in total. The number of hydroxylamine groups is 1. The first-order valence-electron chi connectivity index (χ1n) is 13.6. The predicted octanol–water partition coefficient (Wildman–Crippen LogP) is 7.51. The van der Waals surface area contributed by atoms with Crippen molar-refractivity contribution in [2.75, 3.05) is 5.06 Å². The fourth-order valence-corrected chi connectivity index (χ4v) is 10.1. The van der Waals surface area contributed by atoms with Gasteiger partial charge in [-0.3, -0.25) is 4.84 Å². The molecule has 42 heavy (non-hydrogen) atoms. The third kappa shape index (κ3) is 5.36. The second-order valence-corrected chi connectivity index (χ2v) is 14.3. The fraction of sp³-hybridized carbons (Fsp3) is 0.118. The van der Waals surface area contributed by atoms with Crippen LogP contribution in [0.1, 0.15) is 28.8 Å². The third-order valence-electron chi connectivity index (χ3n) is 7.35. The lowest BCUT2D eigenvalue weighted by atomic mass is 9.97. The van der Waals surface area contributed by atoms with Gasteiger partial charge >= 0.3 is 0 Å². The molecule has 0 spiro atoms. The Morgan fingerprint density at radius 3 is 1.67 bits per heavy atom. The van der Waals surface area contributed by atoms with Crippen LogP contribution in [-0.2, 0) is 24.6 Å². The number of rotatable bonds is 7. The molecule has 1 aliphatic rings. The zero-order chi connectivity index (χ0) is 29.2. The summed E-state index contributed by atoms with van der Waals surface area (Å²) in [6.07, 6.45) is -0.777. The van der Waals surface area contributed by atoms with Crippen LogP contribution in [0.25, 0.3) is 0 Å². The Labute approximate surface area is 247 Å². The maximum absolute atomic E-state index is 15.7.